The number of methoxy groups -OCH3 is 1. The van der Waals surface area contributed by atoms with Crippen LogP contribution in [0.4, 0.5) is 0 Å². The largest absolute Gasteiger partial charge is 0.496 e. The van der Waals surface area contributed by atoms with E-state index in [4.69, 9.17) is 9.47 Å². The van der Waals surface area contributed by atoms with Crippen LogP contribution in [0.15, 0.2) is 24.3 Å². The molecule has 136 valence electrons. The van der Waals surface area contributed by atoms with Gasteiger partial charge in [0.05, 0.1) is 19.3 Å². The summed E-state index contributed by atoms with van der Waals surface area (Å²) >= 11 is 0. The lowest BCUT2D eigenvalue weighted by molar-refractivity contribution is -0.127. The van der Waals surface area contributed by atoms with Crippen LogP contribution < -0.4 is 9.47 Å². The van der Waals surface area contributed by atoms with Crippen molar-refractivity contribution in [3.05, 3.63) is 35.4 Å². The summed E-state index contributed by atoms with van der Waals surface area (Å²) in [7, 11) is 3.55. The predicted molar refractivity (Wildman–Crippen MR) is 96.4 cm³/mol. The summed E-state index contributed by atoms with van der Waals surface area (Å²) in [6.07, 6.45) is 2.66. The minimum Gasteiger partial charge on any atom is -0.496 e. The molecule has 0 spiro atoms. The summed E-state index contributed by atoms with van der Waals surface area (Å²) in [5.74, 6) is 0.773. The molecule has 0 saturated carbocycles. The topological polar surface area (TPSA) is 59.1 Å². The quantitative estimate of drug-likeness (QED) is 0.582. The van der Waals surface area contributed by atoms with Crippen molar-refractivity contribution in [3.8, 4) is 11.5 Å². The number of carbonyl (C=O) groups excluding carboxylic acids is 2. The fourth-order valence-corrected chi connectivity index (χ4v) is 2.81. The van der Waals surface area contributed by atoms with Crippen LogP contribution in [-0.2, 0) is 4.79 Å². The smallest absolute Gasteiger partial charge is 0.246 e. The van der Waals surface area contributed by atoms with E-state index in [1.807, 2.05) is 20.9 Å². The highest BCUT2D eigenvalue weighted by Crippen LogP contribution is 2.31. The molecule has 0 aromatic heterocycles. The van der Waals surface area contributed by atoms with E-state index in [-0.39, 0.29) is 11.7 Å². The minimum absolute atomic E-state index is 0.136. The minimum atomic E-state index is -0.259. The molecule has 0 unspecified atom stereocenters. The van der Waals surface area contributed by atoms with Gasteiger partial charge in [0.25, 0.3) is 0 Å². The van der Waals surface area contributed by atoms with Gasteiger partial charge in [-0.15, -0.1) is 0 Å². The third-order valence-electron chi connectivity index (χ3n) is 4.32. The first-order chi connectivity index (χ1) is 12.0. The number of allylic oxidation sites excluding steroid dienone is 1. The third kappa shape index (κ3) is 4.60. The Balaban J connectivity index is 2.12. The molecule has 1 heterocycles. The molecule has 1 aliphatic rings. The van der Waals surface area contributed by atoms with E-state index in [1.54, 1.807) is 17.0 Å². The Morgan fingerprint density at radius 2 is 1.84 bits per heavy atom. The van der Waals surface area contributed by atoms with Crippen LogP contribution >= 0.6 is 0 Å². The zero-order chi connectivity index (χ0) is 18.4. The average Bonchev–Trinajstić information content (AvgIpc) is 2.61. The molecule has 6 heteroatoms. The van der Waals surface area contributed by atoms with Crippen LogP contribution in [-0.4, -0.2) is 68.4 Å². The second-order valence-electron chi connectivity index (χ2n) is 6.03. The molecule has 1 aromatic carbocycles. The van der Waals surface area contributed by atoms with Crippen molar-refractivity contribution >= 4 is 11.7 Å². The van der Waals surface area contributed by atoms with Crippen molar-refractivity contribution in [1.29, 1.82) is 0 Å². The van der Waals surface area contributed by atoms with Crippen molar-refractivity contribution in [2.45, 2.75) is 13.8 Å². The first-order valence-corrected chi connectivity index (χ1v) is 8.48. The van der Waals surface area contributed by atoms with E-state index in [0.717, 1.165) is 18.7 Å². The normalized spacial score (nSPS) is 15.4. The fraction of sp³-hybridized carbons (Fsp3) is 0.474. The van der Waals surface area contributed by atoms with Crippen LogP contribution in [0.25, 0.3) is 0 Å². The first kappa shape index (κ1) is 19.0. The molecule has 0 atom stereocenters. The summed E-state index contributed by atoms with van der Waals surface area (Å²) in [4.78, 5) is 28.6. The summed E-state index contributed by atoms with van der Waals surface area (Å²) in [5, 5.41) is 0. The average molecular weight is 346 g/mol. The van der Waals surface area contributed by atoms with Crippen molar-refractivity contribution in [1.82, 2.24) is 9.80 Å². The van der Waals surface area contributed by atoms with E-state index in [1.165, 1.54) is 19.3 Å². The van der Waals surface area contributed by atoms with Crippen LogP contribution in [0.1, 0.15) is 22.8 Å². The maximum absolute atomic E-state index is 12.5. The van der Waals surface area contributed by atoms with Gasteiger partial charge in [0.15, 0.2) is 5.78 Å². The molecule has 1 aliphatic heterocycles. The number of ketones is 1. The molecule has 0 N–H and O–H groups in total. The number of nitrogens with zero attached hydrogens (tertiary/aromatic N) is 2. The number of amides is 1. The van der Waals surface area contributed by atoms with Crippen LogP contribution in [0.2, 0.25) is 0 Å². The van der Waals surface area contributed by atoms with Crippen LogP contribution in [0.3, 0.4) is 0 Å². The van der Waals surface area contributed by atoms with Gasteiger partial charge in [-0.1, -0.05) is 0 Å². The number of hydrogen-bond acceptors (Lipinski definition) is 5. The molecule has 25 heavy (non-hydrogen) atoms. The number of carbonyl (C=O) groups is 2. The Morgan fingerprint density at radius 1 is 1.16 bits per heavy atom. The predicted octanol–water partition coefficient (Wildman–Crippen LogP) is 1.92. The molecule has 2 rings (SSSR count). The molecule has 0 radical (unpaired) electrons. The Morgan fingerprint density at radius 3 is 2.44 bits per heavy atom. The van der Waals surface area contributed by atoms with Gasteiger partial charge >= 0.3 is 0 Å². The number of rotatable bonds is 6. The molecule has 0 bridgehead atoms. The van der Waals surface area contributed by atoms with Crippen molar-refractivity contribution in [3.63, 3.8) is 0 Å². The fourth-order valence-electron chi connectivity index (χ4n) is 2.81. The van der Waals surface area contributed by atoms with Crippen molar-refractivity contribution in [2.24, 2.45) is 0 Å². The van der Waals surface area contributed by atoms with Gasteiger partial charge in [-0.2, -0.15) is 0 Å². The summed E-state index contributed by atoms with van der Waals surface area (Å²) in [5.41, 5.74) is 1.19. The monoisotopic (exact) mass is 346 g/mol. The standard InChI is InChI=1S/C19H26N2O4/c1-5-25-17-8-6-15(19(24-4)14(17)2)16(22)7-9-18(23)21-12-10-20(3)11-13-21/h6-9H,5,10-13H2,1-4H3. The lowest BCUT2D eigenvalue weighted by Gasteiger charge is -2.31. The zero-order valence-corrected chi connectivity index (χ0v) is 15.4. The number of ether oxygens (including phenoxy) is 2. The maximum Gasteiger partial charge on any atom is 0.246 e. The lowest BCUT2D eigenvalue weighted by atomic mass is 10.0. The van der Waals surface area contributed by atoms with E-state index < -0.39 is 0 Å². The van der Waals surface area contributed by atoms with Crippen molar-refractivity contribution < 1.29 is 19.1 Å². The molecule has 1 fully saturated rings. The number of hydrogen-bond donors (Lipinski definition) is 0. The molecular weight excluding hydrogens is 320 g/mol. The number of benzene rings is 1. The van der Waals surface area contributed by atoms with Crippen molar-refractivity contribution in [2.75, 3.05) is 46.9 Å². The molecule has 6 nitrogen and oxygen atoms in total. The Hall–Kier alpha value is -2.34. The van der Waals surface area contributed by atoms with Gasteiger partial charge in [0, 0.05) is 37.8 Å². The van der Waals surface area contributed by atoms with Gasteiger partial charge < -0.3 is 19.3 Å². The van der Waals surface area contributed by atoms with Gasteiger partial charge in [0.1, 0.15) is 11.5 Å². The van der Waals surface area contributed by atoms with Gasteiger partial charge in [0.2, 0.25) is 5.91 Å². The van der Waals surface area contributed by atoms with Crippen LogP contribution in [0, 0.1) is 6.92 Å². The molecule has 0 aliphatic carbocycles. The molecule has 1 saturated heterocycles. The number of likely N-dealkylation sites (N-methyl/N-ethyl adjacent to an activating group) is 1. The second kappa shape index (κ2) is 8.67. The van der Waals surface area contributed by atoms with E-state index in [9.17, 15) is 9.59 Å². The third-order valence-corrected chi connectivity index (χ3v) is 4.32. The highest BCUT2D eigenvalue weighted by molar-refractivity contribution is 6.09. The summed E-state index contributed by atoms with van der Waals surface area (Å²) < 4.78 is 10.9. The molecular formula is C19H26N2O4. The van der Waals surface area contributed by atoms with E-state index in [0.29, 0.717) is 36.8 Å². The molecule has 1 amide bonds. The summed E-state index contributed by atoms with van der Waals surface area (Å²) in [6, 6.07) is 3.43. The SMILES string of the molecule is CCOc1ccc(C(=O)C=CC(=O)N2CCN(C)CC2)c(OC)c1C. The second-order valence-corrected chi connectivity index (χ2v) is 6.03. The zero-order valence-electron chi connectivity index (χ0n) is 15.4. The van der Waals surface area contributed by atoms with E-state index in [2.05, 4.69) is 4.90 Å². The summed E-state index contributed by atoms with van der Waals surface area (Å²) in [6.45, 7) is 7.34. The maximum atomic E-state index is 12.5. The first-order valence-electron chi connectivity index (χ1n) is 8.48. The Kier molecular flexibility index (Phi) is 6.58. The lowest BCUT2D eigenvalue weighted by Crippen LogP contribution is -2.46. The number of piperazine rings is 1. The Labute approximate surface area is 149 Å². The van der Waals surface area contributed by atoms with Gasteiger partial charge in [-0.05, 0) is 39.1 Å². The van der Waals surface area contributed by atoms with Gasteiger partial charge in [-0.25, -0.2) is 0 Å². The van der Waals surface area contributed by atoms with Crippen LogP contribution in [0.5, 0.6) is 11.5 Å². The highest BCUT2D eigenvalue weighted by atomic mass is 16.5. The van der Waals surface area contributed by atoms with Gasteiger partial charge in [-0.3, -0.25) is 9.59 Å². The highest BCUT2D eigenvalue weighted by Gasteiger charge is 2.19. The van der Waals surface area contributed by atoms with E-state index >= 15 is 0 Å². The molecule has 1 aromatic rings. The Bertz CT molecular complexity index is 662.